The molecule has 0 spiro atoms. The highest BCUT2D eigenvalue weighted by molar-refractivity contribution is 5.89. The van der Waals surface area contributed by atoms with Gasteiger partial charge in [-0.3, -0.25) is 0 Å². The standard InChI is InChI=1S/C22H18F2O5/c1-13(2)21(25)28-10-9-27-16-6-7-17(18(23)12-16)15-5-8-20(19(24)11-15)29-22(26)14(3)4/h5-12H,1,3H2,2,4H3. The fourth-order valence-electron chi connectivity index (χ4n) is 2.04. The van der Waals surface area contributed by atoms with Crippen molar-refractivity contribution in [3.63, 3.8) is 0 Å². The molecular weight excluding hydrogens is 382 g/mol. The molecule has 7 heteroatoms. The molecule has 0 atom stereocenters. The van der Waals surface area contributed by atoms with Crippen molar-refractivity contribution < 1.29 is 32.6 Å². The summed E-state index contributed by atoms with van der Waals surface area (Å²) < 4.78 is 43.3. The van der Waals surface area contributed by atoms with Crippen molar-refractivity contribution >= 4 is 11.9 Å². The molecular formula is C22H18F2O5. The van der Waals surface area contributed by atoms with E-state index in [0.717, 1.165) is 24.7 Å². The van der Waals surface area contributed by atoms with Crippen LogP contribution in [0.5, 0.6) is 11.5 Å². The molecule has 2 aromatic carbocycles. The van der Waals surface area contributed by atoms with Crippen molar-refractivity contribution in [1.29, 1.82) is 0 Å². The zero-order chi connectivity index (χ0) is 21.6. The molecule has 0 aromatic heterocycles. The highest BCUT2D eigenvalue weighted by Gasteiger charge is 2.13. The minimum atomic E-state index is -0.820. The van der Waals surface area contributed by atoms with Crippen LogP contribution in [0, 0.1) is 11.6 Å². The fraction of sp³-hybridized carbons (Fsp3) is 0.0909. The Morgan fingerprint density at radius 3 is 2.17 bits per heavy atom. The van der Waals surface area contributed by atoms with Crippen molar-refractivity contribution in [3.8, 4) is 22.6 Å². The summed E-state index contributed by atoms with van der Waals surface area (Å²) in [6, 6.07) is 7.64. The third kappa shape index (κ3) is 5.87. The summed E-state index contributed by atoms with van der Waals surface area (Å²) in [5.74, 6) is -3.00. The van der Waals surface area contributed by atoms with Gasteiger partial charge in [0.1, 0.15) is 24.1 Å². The largest absolute Gasteiger partial charge is 0.462 e. The van der Waals surface area contributed by atoms with Gasteiger partial charge in [-0.05, 0) is 43.7 Å². The van der Waals surface area contributed by atoms with E-state index in [9.17, 15) is 18.4 Å². The molecule has 0 saturated carbocycles. The highest BCUT2D eigenvalue weighted by Crippen LogP contribution is 2.30. The van der Waals surface area contributed by atoms with Gasteiger partial charge >= 0.3 is 11.9 Å². The number of hydrogen-bond acceptors (Lipinski definition) is 5. The second-order valence-corrected chi connectivity index (χ2v) is 6.03. The van der Waals surface area contributed by atoms with Gasteiger partial charge in [0, 0.05) is 22.8 Å². The summed E-state index contributed by atoms with van der Waals surface area (Å²) in [5, 5.41) is 0. The van der Waals surface area contributed by atoms with Crippen LogP contribution in [0.4, 0.5) is 8.78 Å². The zero-order valence-corrected chi connectivity index (χ0v) is 15.8. The molecule has 0 heterocycles. The topological polar surface area (TPSA) is 61.8 Å². The second-order valence-electron chi connectivity index (χ2n) is 6.03. The normalized spacial score (nSPS) is 10.5. The van der Waals surface area contributed by atoms with E-state index < -0.39 is 23.6 Å². The number of rotatable bonds is 7. The average Bonchev–Trinajstić information content (AvgIpc) is 2.66. The summed E-state index contributed by atoms with van der Waals surface area (Å²) in [6.07, 6.45) is 2.07. The molecule has 5 nitrogen and oxygen atoms in total. The summed E-state index contributed by atoms with van der Waals surface area (Å²) in [4.78, 5) is 22.7. The van der Waals surface area contributed by atoms with Gasteiger partial charge in [0.25, 0.3) is 0 Å². The molecule has 0 fully saturated rings. The lowest BCUT2D eigenvalue weighted by molar-refractivity contribution is -0.133. The Morgan fingerprint density at radius 1 is 0.897 bits per heavy atom. The van der Waals surface area contributed by atoms with Gasteiger partial charge in [0.15, 0.2) is 11.6 Å². The van der Waals surface area contributed by atoms with Crippen LogP contribution in [0.2, 0.25) is 0 Å². The summed E-state index contributed by atoms with van der Waals surface area (Å²) in [7, 11) is 0. The van der Waals surface area contributed by atoms with E-state index in [-0.39, 0.29) is 33.8 Å². The van der Waals surface area contributed by atoms with Crippen molar-refractivity contribution in [1.82, 2.24) is 0 Å². The quantitative estimate of drug-likeness (QED) is 0.281. The minimum Gasteiger partial charge on any atom is -0.462 e. The summed E-state index contributed by atoms with van der Waals surface area (Å²) >= 11 is 0. The van der Waals surface area contributed by atoms with Crippen molar-refractivity contribution in [3.05, 3.63) is 84.9 Å². The van der Waals surface area contributed by atoms with Crippen molar-refractivity contribution in [2.24, 2.45) is 0 Å². The fourth-order valence-corrected chi connectivity index (χ4v) is 2.04. The van der Waals surface area contributed by atoms with Gasteiger partial charge in [-0.2, -0.15) is 0 Å². The summed E-state index contributed by atoms with van der Waals surface area (Å²) in [5.41, 5.74) is 0.704. The first kappa shape index (κ1) is 21.6. The van der Waals surface area contributed by atoms with Crippen LogP contribution in [0.25, 0.3) is 11.1 Å². The van der Waals surface area contributed by atoms with Crippen LogP contribution in [0.3, 0.4) is 0 Å². The minimum absolute atomic E-state index is 0.117. The number of benzene rings is 2. The van der Waals surface area contributed by atoms with Crippen LogP contribution in [-0.2, 0) is 14.3 Å². The van der Waals surface area contributed by atoms with E-state index in [4.69, 9.17) is 14.2 Å². The Balaban J connectivity index is 2.12. The third-order valence-electron chi connectivity index (χ3n) is 3.52. The zero-order valence-electron chi connectivity index (χ0n) is 15.8. The number of esters is 2. The van der Waals surface area contributed by atoms with E-state index in [1.165, 1.54) is 38.1 Å². The molecule has 0 aliphatic carbocycles. The lowest BCUT2D eigenvalue weighted by Crippen LogP contribution is -2.09. The van der Waals surface area contributed by atoms with Crippen LogP contribution >= 0.6 is 0 Å². The molecule has 0 unspecified atom stereocenters. The van der Waals surface area contributed by atoms with Gasteiger partial charge in [0.05, 0.1) is 0 Å². The number of ether oxygens (including phenoxy) is 3. The second kappa shape index (κ2) is 9.45. The summed E-state index contributed by atoms with van der Waals surface area (Å²) in [6.45, 7) is 9.77. The van der Waals surface area contributed by atoms with Crippen molar-refractivity contribution in [2.75, 3.05) is 0 Å². The molecule has 0 N–H and O–H groups in total. The molecule has 2 rings (SSSR count). The number of carbonyl (C=O) groups excluding carboxylic acids is 2. The molecule has 0 saturated heterocycles. The Labute approximate surface area is 166 Å². The molecule has 2 aromatic rings. The van der Waals surface area contributed by atoms with Crippen LogP contribution in [-0.4, -0.2) is 11.9 Å². The molecule has 0 aliphatic heterocycles. The predicted octanol–water partition coefficient (Wildman–Crippen LogP) is 5.08. The van der Waals surface area contributed by atoms with Gasteiger partial charge in [-0.25, -0.2) is 18.4 Å². The molecule has 0 aliphatic rings. The van der Waals surface area contributed by atoms with E-state index in [0.29, 0.717) is 0 Å². The number of carbonyl (C=O) groups is 2. The maximum atomic E-state index is 14.4. The lowest BCUT2D eigenvalue weighted by Gasteiger charge is -2.09. The van der Waals surface area contributed by atoms with E-state index >= 15 is 0 Å². The number of hydrogen-bond donors (Lipinski definition) is 0. The van der Waals surface area contributed by atoms with E-state index in [2.05, 4.69) is 13.2 Å². The maximum Gasteiger partial charge on any atom is 0.338 e. The maximum absolute atomic E-state index is 14.4. The molecule has 0 amide bonds. The Hall–Kier alpha value is -3.74. The molecule has 0 bridgehead atoms. The van der Waals surface area contributed by atoms with Crippen molar-refractivity contribution in [2.45, 2.75) is 13.8 Å². The van der Waals surface area contributed by atoms with Crippen LogP contribution < -0.4 is 9.47 Å². The predicted molar refractivity (Wildman–Crippen MR) is 103 cm³/mol. The first-order chi connectivity index (χ1) is 13.7. The van der Waals surface area contributed by atoms with Gasteiger partial charge in [-0.15, -0.1) is 0 Å². The number of halogens is 2. The highest BCUT2D eigenvalue weighted by atomic mass is 19.1. The SMILES string of the molecule is C=C(C)C(=O)OC=COc1ccc(-c2ccc(OC(=O)C(=C)C)c(F)c2)c(F)c1. The Kier molecular flexibility index (Phi) is 7.03. The van der Waals surface area contributed by atoms with Gasteiger partial charge in [-0.1, -0.05) is 19.2 Å². The van der Waals surface area contributed by atoms with Gasteiger partial charge < -0.3 is 14.2 Å². The first-order valence-electron chi connectivity index (χ1n) is 8.34. The van der Waals surface area contributed by atoms with E-state index in [1.807, 2.05) is 0 Å². The molecule has 0 radical (unpaired) electrons. The van der Waals surface area contributed by atoms with Crippen LogP contribution in [0.1, 0.15) is 13.8 Å². The average molecular weight is 400 g/mol. The third-order valence-corrected chi connectivity index (χ3v) is 3.52. The Morgan fingerprint density at radius 2 is 1.59 bits per heavy atom. The monoisotopic (exact) mass is 400 g/mol. The lowest BCUT2D eigenvalue weighted by atomic mass is 10.0. The molecule has 150 valence electrons. The molecule has 29 heavy (non-hydrogen) atoms. The first-order valence-corrected chi connectivity index (χ1v) is 8.34. The van der Waals surface area contributed by atoms with E-state index in [1.54, 1.807) is 0 Å². The van der Waals surface area contributed by atoms with Crippen LogP contribution in [0.15, 0.2) is 73.2 Å². The smallest absolute Gasteiger partial charge is 0.338 e. The van der Waals surface area contributed by atoms with Gasteiger partial charge in [0.2, 0.25) is 0 Å². The Bertz CT molecular complexity index is 1010.